The van der Waals surface area contributed by atoms with Gasteiger partial charge in [-0.1, -0.05) is 42.1 Å². The monoisotopic (exact) mass is 406 g/mol. The van der Waals surface area contributed by atoms with E-state index < -0.39 is 20.7 Å². The number of phenolic OH excluding ortho intramolecular Hbond substituents is 1. The summed E-state index contributed by atoms with van der Waals surface area (Å²) in [6, 6.07) is 15.3. The highest BCUT2D eigenvalue weighted by Gasteiger charge is 2.43. The van der Waals surface area contributed by atoms with E-state index >= 15 is 0 Å². The number of hydrogen-bond donors (Lipinski definition) is 2. The predicted molar refractivity (Wildman–Crippen MR) is 105 cm³/mol. The zero-order valence-electron chi connectivity index (χ0n) is 14.4. The fraction of sp³-hybridized carbons (Fsp3) is 0.167. The van der Waals surface area contributed by atoms with Crippen LogP contribution in [-0.2, 0) is 21.5 Å². The molecule has 0 saturated carbocycles. The van der Waals surface area contributed by atoms with Crippen molar-refractivity contribution in [3.63, 3.8) is 0 Å². The predicted octanol–water partition coefficient (Wildman–Crippen LogP) is 2.62. The van der Waals surface area contributed by atoms with Crippen molar-refractivity contribution in [2.45, 2.75) is 11.3 Å². The maximum atomic E-state index is 12.8. The number of aromatic hydroxyl groups is 1. The van der Waals surface area contributed by atoms with Crippen LogP contribution in [0.2, 0.25) is 0 Å². The van der Waals surface area contributed by atoms with E-state index in [1.54, 1.807) is 48.3 Å². The number of phenols is 1. The minimum atomic E-state index is -4.47. The van der Waals surface area contributed by atoms with Crippen LogP contribution in [0.1, 0.15) is 5.56 Å². The molecule has 0 aromatic heterocycles. The molecule has 7 nitrogen and oxygen atoms in total. The third kappa shape index (κ3) is 4.44. The Bertz CT molecular complexity index is 959. The van der Waals surface area contributed by atoms with E-state index in [4.69, 9.17) is 0 Å². The molecule has 2 aromatic carbocycles. The van der Waals surface area contributed by atoms with Gasteiger partial charge in [-0.3, -0.25) is 9.35 Å². The first-order chi connectivity index (χ1) is 12.8. The van der Waals surface area contributed by atoms with Crippen molar-refractivity contribution in [1.29, 1.82) is 0 Å². The summed E-state index contributed by atoms with van der Waals surface area (Å²) in [5, 5.41) is 9.37. The Labute approximate surface area is 161 Å². The lowest BCUT2D eigenvalue weighted by Crippen LogP contribution is -2.36. The average Bonchev–Trinajstić information content (AvgIpc) is 2.93. The van der Waals surface area contributed by atoms with Gasteiger partial charge >= 0.3 is 0 Å². The molecule has 0 aliphatic carbocycles. The highest BCUT2D eigenvalue weighted by Crippen LogP contribution is 2.39. The number of carbonyl (C=O) groups is 1. The normalized spacial score (nSPS) is 18.9. The van der Waals surface area contributed by atoms with Crippen LogP contribution >= 0.6 is 11.8 Å². The molecule has 0 spiro atoms. The number of thioether (sulfide) groups is 1. The molecule has 1 amide bonds. The molecule has 27 heavy (non-hydrogen) atoms. The van der Waals surface area contributed by atoms with Crippen molar-refractivity contribution >= 4 is 33.5 Å². The maximum Gasteiger partial charge on any atom is 0.296 e. The first-order valence-corrected chi connectivity index (χ1v) is 10.4. The number of carbonyl (C=O) groups excluding carboxylic acids is 1. The standard InChI is InChI=1S/C18H18N2O5S2/c1-19(14-7-9-15(21)10-8-14)12-16-17(22)20(18(26-16)27(23,24)25)11-13-5-3-2-4-6-13/h2-10,12,18,21H,11H2,1H3,(H,23,24,25). The van der Waals surface area contributed by atoms with Crippen LogP contribution in [0.25, 0.3) is 0 Å². The molecule has 142 valence electrons. The molecule has 0 bridgehead atoms. The van der Waals surface area contributed by atoms with Crippen LogP contribution in [-0.4, -0.2) is 40.6 Å². The van der Waals surface area contributed by atoms with Crippen LogP contribution in [0.4, 0.5) is 5.69 Å². The number of hydrogen-bond acceptors (Lipinski definition) is 6. The lowest BCUT2D eigenvalue weighted by molar-refractivity contribution is -0.125. The Kier molecular flexibility index (Phi) is 5.45. The van der Waals surface area contributed by atoms with Crippen LogP contribution in [0.15, 0.2) is 65.7 Å². The largest absolute Gasteiger partial charge is 0.508 e. The summed E-state index contributed by atoms with van der Waals surface area (Å²) in [7, 11) is -2.76. The Hall–Kier alpha value is -2.49. The first-order valence-electron chi connectivity index (χ1n) is 7.97. The van der Waals surface area contributed by atoms with Gasteiger partial charge in [0.25, 0.3) is 16.0 Å². The van der Waals surface area contributed by atoms with Crippen molar-refractivity contribution in [1.82, 2.24) is 4.90 Å². The number of anilines is 1. The third-order valence-corrected chi connectivity index (χ3v) is 6.74. The Morgan fingerprint density at radius 1 is 1.15 bits per heavy atom. The maximum absolute atomic E-state index is 12.8. The second-order valence-corrected chi connectivity index (χ2v) is 8.88. The molecule has 1 saturated heterocycles. The molecular formula is C18H18N2O5S2. The minimum Gasteiger partial charge on any atom is -0.508 e. The van der Waals surface area contributed by atoms with Gasteiger partial charge in [-0.15, -0.1) is 0 Å². The van der Waals surface area contributed by atoms with Crippen LogP contribution in [0.5, 0.6) is 5.75 Å². The second kappa shape index (κ2) is 7.63. The van der Waals surface area contributed by atoms with Crippen LogP contribution < -0.4 is 4.90 Å². The fourth-order valence-corrected chi connectivity index (χ4v) is 4.87. The zero-order valence-corrected chi connectivity index (χ0v) is 16.0. The van der Waals surface area contributed by atoms with E-state index in [2.05, 4.69) is 0 Å². The summed E-state index contributed by atoms with van der Waals surface area (Å²) in [5.41, 5.74) is 1.46. The molecule has 1 fully saturated rings. The van der Waals surface area contributed by atoms with Crippen molar-refractivity contribution in [3.05, 3.63) is 71.3 Å². The van der Waals surface area contributed by atoms with E-state index in [1.165, 1.54) is 18.3 Å². The second-order valence-electron chi connectivity index (χ2n) is 5.98. The van der Waals surface area contributed by atoms with Gasteiger partial charge in [0.2, 0.25) is 4.71 Å². The SMILES string of the molecule is CN(C=C1SC(S(=O)(=O)O)N(Cc2ccccc2)C1=O)c1ccc(O)cc1. The Morgan fingerprint density at radius 3 is 2.37 bits per heavy atom. The molecule has 1 unspecified atom stereocenters. The van der Waals surface area contributed by atoms with Gasteiger partial charge in [0.1, 0.15) is 5.75 Å². The summed E-state index contributed by atoms with van der Waals surface area (Å²) >= 11 is 0.788. The molecule has 2 N–H and O–H groups in total. The number of benzene rings is 2. The molecule has 0 radical (unpaired) electrons. The molecular weight excluding hydrogens is 388 g/mol. The summed E-state index contributed by atoms with van der Waals surface area (Å²) in [4.78, 5) is 15.8. The molecule has 1 aliphatic heterocycles. The van der Waals surface area contributed by atoms with E-state index in [9.17, 15) is 22.9 Å². The van der Waals surface area contributed by atoms with Gasteiger partial charge in [0, 0.05) is 25.5 Å². The quantitative estimate of drug-likeness (QED) is 0.582. The third-order valence-electron chi connectivity index (χ3n) is 3.97. The topological polar surface area (TPSA) is 98.2 Å². The van der Waals surface area contributed by atoms with Gasteiger partial charge in [-0.2, -0.15) is 8.42 Å². The summed E-state index contributed by atoms with van der Waals surface area (Å²) in [6.45, 7) is 0.0669. The summed E-state index contributed by atoms with van der Waals surface area (Å²) < 4.78 is 31.8. The van der Waals surface area contributed by atoms with Crippen molar-refractivity contribution in [2.75, 3.05) is 11.9 Å². The average molecular weight is 406 g/mol. The van der Waals surface area contributed by atoms with Gasteiger partial charge in [-0.25, -0.2) is 0 Å². The van der Waals surface area contributed by atoms with Crippen molar-refractivity contribution in [3.8, 4) is 5.75 Å². The lowest BCUT2D eigenvalue weighted by Gasteiger charge is -2.20. The molecule has 1 heterocycles. The van der Waals surface area contributed by atoms with Crippen molar-refractivity contribution < 1.29 is 22.9 Å². The number of rotatable bonds is 5. The summed E-state index contributed by atoms with van der Waals surface area (Å²) in [6.07, 6.45) is 1.52. The highest BCUT2D eigenvalue weighted by molar-refractivity contribution is 8.15. The summed E-state index contributed by atoms with van der Waals surface area (Å²) in [5.74, 6) is -0.358. The van der Waals surface area contributed by atoms with Gasteiger partial charge < -0.3 is 14.9 Å². The first kappa shape index (κ1) is 19.3. The molecule has 9 heteroatoms. The van der Waals surface area contributed by atoms with E-state index in [1.807, 2.05) is 6.07 Å². The zero-order chi connectivity index (χ0) is 19.6. The van der Waals surface area contributed by atoms with Crippen molar-refractivity contribution in [2.24, 2.45) is 0 Å². The van der Waals surface area contributed by atoms with E-state index in [-0.39, 0.29) is 17.2 Å². The van der Waals surface area contributed by atoms with E-state index in [0.29, 0.717) is 5.69 Å². The van der Waals surface area contributed by atoms with E-state index in [0.717, 1.165) is 22.2 Å². The molecule has 3 rings (SSSR count). The molecule has 1 atom stereocenters. The molecule has 2 aromatic rings. The Balaban J connectivity index is 1.89. The fourth-order valence-electron chi connectivity index (χ4n) is 2.63. The van der Waals surface area contributed by atoms with Gasteiger partial charge in [0.05, 0.1) is 4.91 Å². The van der Waals surface area contributed by atoms with Crippen LogP contribution in [0.3, 0.4) is 0 Å². The number of nitrogens with zero attached hydrogens (tertiary/aromatic N) is 2. The minimum absolute atomic E-state index is 0.0669. The van der Waals surface area contributed by atoms with Gasteiger partial charge in [-0.05, 0) is 29.8 Å². The van der Waals surface area contributed by atoms with Gasteiger partial charge in [0.15, 0.2) is 0 Å². The van der Waals surface area contributed by atoms with Crippen LogP contribution in [0, 0.1) is 0 Å². The lowest BCUT2D eigenvalue weighted by atomic mass is 10.2. The highest BCUT2D eigenvalue weighted by atomic mass is 32.3. The number of amides is 1. The molecule has 1 aliphatic rings. The Morgan fingerprint density at radius 2 is 1.78 bits per heavy atom. The smallest absolute Gasteiger partial charge is 0.296 e.